The molecule has 3 aromatic heterocycles. The van der Waals surface area contributed by atoms with Crippen molar-refractivity contribution in [3.63, 3.8) is 0 Å². The maximum atomic E-state index is 15.5. The quantitative estimate of drug-likeness (QED) is 0.148. The fourth-order valence-corrected chi connectivity index (χ4v) is 8.75. The van der Waals surface area contributed by atoms with Gasteiger partial charge in [-0.05, 0) is 73.6 Å². The second kappa shape index (κ2) is 12.7. The van der Waals surface area contributed by atoms with Gasteiger partial charge in [0.2, 0.25) is 5.91 Å². The summed E-state index contributed by atoms with van der Waals surface area (Å²) >= 11 is 1.18. The number of nitrogens with zero attached hydrogens (tertiary/aromatic N) is 5. The summed E-state index contributed by atoms with van der Waals surface area (Å²) in [6.07, 6.45) is -5.38. The molecule has 0 radical (unpaired) electrons. The van der Waals surface area contributed by atoms with Crippen molar-refractivity contribution in [1.29, 1.82) is 0 Å². The smallest absolute Gasteiger partial charge is 0.386 e. The summed E-state index contributed by atoms with van der Waals surface area (Å²) in [4.78, 5) is 37.0. The van der Waals surface area contributed by atoms with Crippen LogP contribution in [0.5, 0.6) is 0 Å². The number of primary amides is 1. The van der Waals surface area contributed by atoms with Crippen molar-refractivity contribution in [1.82, 2.24) is 25.1 Å². The summed E-state index contributed by atoms with van der Waals surface area (Å²) < 4.78 is 118. The van der Waals surface area contributed by atoms with Gasteiger partial charge < -0.3 is 21.1 Å². The van der Waals surface area contributed by atoms with Crippen LogP contribution in [0.4, 0.5) is 40.3 Å². The molecule has 0 bridgehead atoms. The topological polar surface area (TPSA) is 139 Å². The zero-order valence-corrected chi connectivity index (χ0v) is 29.3. The first-order valence-electron chi connectivity index (χ1n) is 17.0. The molecular weight excluding hydrogens is 762 g/mol. The first-order chi connectivity index (χ1) is 25.8. The predicted molar refractivity (Wildman–Crippen MR) is 182 cm³/mol. The van der Waals surface area contributed by atoms with Gasteiger partial charge in [0.25, 0.3) is 11.8 Å². The van der Waals surface area contributed by atoms with E-state index in [0.29, 0.717) is 20.6 Å². The van der Waals surface area contributed by atoms with Crippen molar-refractivity contribution >= 4 is 38.6 Å². The van der Waals surface area contributed by atoms with E-state index in [0.717, 1.165) is 24.3 Å². The fourth-order valence-electron chi connectivity index (χ4n) is 7.81. The van der Waals surface area contributed by atoms with Crippen LogP contribution in [0.15, 0.2) is 42.5 Å². The summed E-state index contributed by atoms with van der Waals surface area (Å²) in [7, 11) is 0. The zero-order chi connectivity index (χ0) is 39.4. The van der Waals surface area contributed by atoms with E-state index in [1.54, 1.807) is 17.9 Å². The molecule has 2 aromatic carbocycles. The van der Waals surface area contributed by atoms with Gasteiger partial charge in [-0.2, -0.15) is 32.0 Å². The van der Waals surface area contributed by atoms with Crippen LogP contribution < -0.4 is 16.0 Å². The van der Waals surface area contributed by atoms with E-state index >= 15 is 8.78 Å². The largest absolute Gasteiger partial charge is 0.435 e. The highest BCUT2D eigenvalue weighted by molar-refractivity contribution is 7.22. The van der Waals surface area contributed by atoms with Crippen LogP contribution in [0.3, 0.4) is 0 Å². The first-order valence-corrected chi connectivity index (χ1v) is 17.8. The lowest BCUT2D eigenvalue weighted by molar-refractivity contribution is -0.144. The highest BCUT2D eigenvalue weighted by Crippen LogP contribution is 2.64. The molecule has 3 aliphatic rings. The number of benzene rings is 2. The van der Waals surface area contributed by atoms with Gasteiger partial charge in [-0.3, -0.25) is 14.3 Å². The minimum Gasteiger partial charge on any atom is -0.386 e. The van der Waals surface area contributed by atoms with Crippen LogP contribution in [0, 0.1) is 23.4 Å². The van der Waals surface area contributed by atoms with Gasteiger partial charge in [0, 0.05) is 23.1 Å². The number of fused-ring (bicyclic) bond motifs is 4. The Bertz CT molecular complexity index is 2380. The third-order valence-corrected chi connectivity index (χ3v) is 11.3. The molecule has 8 rings (SSSR count). The van der Waals surface area contributed by atoms with Crippen LogP contribution in [-0.2, 0) is 29.9 Å². The van der Waals surface area contributed by atoms with Crippen LogP contribution >= 0.6 is 11.3 Å². The third-order valence-electron chi connectivity index (χ3n) is 10.3. The molecule has 19 heteroatoms. The highest BCUT2D eigenvalue weighted by Gasteiger charge is 2.63. The summed E-state index contributed by atoms with van der Waals surface area (Å²) in [5, 5.41) is 16.8. The summed E-state index contributed by atoms with van der Waals surface area (Å²) in [5.41, 5.74) is 1.27. The zero-order valence-electron chi connectivity index (χ0n) is 28.5. The molecule has 288 valence electrons. The van der Waals surface area contributed by atoms with Gasteiger partial charge in [0.05, 0.1) is 40.7 Å². The number of halogens is 8. The van der Waals surface area contributed by atoms with Gasteiger partial charge in [-0.25, -0.2) is 18.2 Å². The van der Waals surface area contributed by atoms with E-state index < -0.39 is 100 Å². The molecule has 10 nitrogen and oxygen atoms in total. The predicted octanol–water partition coefficient (Wildman–Crippen LogP) is 6.36. The number of alkyl halides is 5. The molecule has 4 N–H and O–H groups in total. The lowest BCUT2D eigenvalue weighted by Crippen LogP contribution is -2.60. The van der Waals surface area contributed by atoms with Crippen LogP contribution in [0.25, 0.3) is 21.5 Å². The summed E-state index contributed by atoms with van der Waals surface area (Å²) in [6, 6.07) is 6.18. The summed E-state index contributed by atoms with van der Waals surface area (Å²) in [6.45, 7) is 1.07. The monoisotopic (exact) mass is 791 g/mol. The van der Waals surface area contributed by atoms with Crippen molar-refractivity contribution < 1.29 is 49.8 Å². The number of rotatable bonds is 9. The number of nitrogens with one attached hydrogen (secondary N) is 1. The van der Waals surface area contributed by atoms with E-state index in [1.807, 2.05) is 0 Å². The molecule has 55 heavy (non-hydrogen) atoms. The van der Waals surface area contributed by atoms with Crippen molar-refractivity contribution in [2.75, 3.05) is 18.0 Å². The van der Waals surface area contributed by atoms with E-state index in [2.05, 4.69) is 15.4 Å². The molecule has 0 spiro atoms. The maximum Gasteiger partial charge on any atom is 0.435 e. The van der Waals surface area contributed by atoms with Gasteiger partial charge >= 0.3 is 6.18 Å². The second-order valence-corrected chi connectivity index (χ2v) is 15.4. The Morgan fingerprint density at radius 2 is 1.76 bits per heavy atom. The number of aromatic nitrogens is 4. The molecule has 2 fully saturated rings. The van der Waals surface area contributed by atoms with Gasteiger partial charge in [-0.15, -0.1) is 0 Å². The minimum atomic E-state index is -5.08. The number of aliphatic hydroxyl groups is 1. The maximum absolute atomic E-state index is 15.5. The van der Waals surface area contributed by atoms with Gasteiger partial charge in [-0.1, -0.05) is 17.4 Å². The van der Waals surface area contributed by atoms with Gasteiger partial charge in [0.1, 0.15) is 29.7 Å². The molecule has 3 atom stereocenters. The number of hydrogen-bond donors (Lipinski definition) is 3. The lowest BCUT2D eigenvalue weighted by atomic mass is 9.73. The molecule has 2 amide bonds. The Hall–Kier alpha value is -5.17. The van der Waals surface area contributed by atoms with Crippen LogP contribution in [-0.4, -0.2) is 55.4 Å². The Morgan fingerprint density at radius 3 is 2.38 bits per heavy atom. The van der Waals surface area contributed by atoms with Crippen molar-refractivity contribution in [2.24, 2.45) is 11.7 Å². The molecule has 1 saturated heterocycles. The molecular formula is C36H29F8N7O3S. The second-order valence-electron chi connectivity index (χ2n) is 14.4. The number of amides is 2. The van der Waals surface area contributed by atoms with E-state index in [-0.39, 0.29) is 54.0 Å². The molecule has 1 aliphatic heterocycles. The standard InChI is InChI=1S/C36H29F8N7O3S/c1-34(54)13-50(14-34)33-48-32-25(55-33)11-20(16-2-5-23(39)21(9-16)31(45)53)28(47-32)24(8-15-6-17(37)10-18(38)7-15)46-26(52)12-51-30-27(29(49-51)36(42,43)44)19-3-4-22(19)35(30,40)41/h2,5-7,9-11,19,22,24,54H,3-4,8,12-14H2,1H3,(H2,45,53)(H,46,52)/t19-,22+,24-/m0/s1. The SMILES string of the molecule is CC1(O)CN(c2nc3nc([C@H](Cc4cc(F)cc(F)c4)NC(=O)Cn4nc(C(F)(F)F)c5c4C(F)(F)[C@@H]4CC[C@H]54)c(-c4ccc(F)c(C(N)=O)c4)cc3s2)C1. The molecule has 5 aromatic rings. The number of β-amino-alcohol motifs (C(OH)–C–C–N with tert-alkyl or cyclic N) is 1. The lowest BCUT2D eigenvalue weighted by Gasteiger charge is -2.43. The molecule has 2 aliphatic carbocycles. The summed E-state index contributed by atoms with van der Waals surface area (Å²) in [5.74, 6) is -11.2. The molecule has 1 saturated carbocycles. The van der Waals surface area contributed by atoms with E-state index in [4.69, 9.17) is 10.7 Å². The molecule has 0 unspecified atom stereocenters. The fraction of sp³-hybridized carbons (Fsp3) is 0.361. The Morgan fingerprint density at radius 1 is 1.05 bits per heavy atom. The average molecular weight is 792 g/mol. The Balaban J connectivity index is 1.24. The Labute approximate surface area is 310 Å². The number of carbonyl (C=O) groups excluding carboxylic acids is 2. The normalized spacial score (nSPS) is 20.1. The van der Waals surface area contributed by atoms with Crippen molar-refractivity contribution in [3.8, 4) is 11.1 Å². The number of thiazole rings is 1. The van der Waals surface area contributed by atoms with Gasteiger partial charge in [0.15, 0.2) is 16.5 Å². The van der Waals surface area contributed by atoms with Crippen molar-refractivity contribution in [3.05, 3.63) is 93.7 Å². The van der Waals surface area contributed by atoms with Crippen molar-refractivity contribution in [2.45, 2.75) is 62.4 Å². The minimum absolute atomic E-state index is 0.00296. The number of hydrogen-bond acceptors (Lipinski definition) is 8. The average Bonchev–Trinajstić information content (AvgIpc) is 3.67. The third kappa shape index (κ3) is 6.45. The number of pyridine rings is 1. The highest BCUT2D eigenvalue weighted by atomic mass is 32.1. The van der Waals surface area contributed by atoms with E-state index in [9.17, 15) is 41.0 Å². The number of anilines is 1. The first kappa shape index (κ1) is 36.8. The Kier molecular flexibility index (Phi) is 8.49. The van der Waals surface area contributed by atoms with Crippen LogP contribution in [0.2, 0.25) is 0 Å². The van der Waals surface area contributed by atoms with Crippen LogP contribution in [0.1, 0.15) is 70.3 Å². The number of carbonyl (C=O) groups is 2. The van der Waals surface area contributed by atoms with E-state index in [1.165, 1.54) is 17.4 Å². The number of nitrogens with two attached hydrogens (primary N) is 1. The molecule has 4 heterocycles.